The van der Waals surface area contributed by atoms with Crippen molar-refractivity contribution in [3.63, 3.8) is 0 Å². The van der Waals surface area contributed by atoms with Crippen LogP contribution in [0.3, 0.4) is 0 Å². The highest BCUT2D eigenvalue weighted by atomic mass is 16.5. The van der Waals surface area contributed by atoms with Crippen LogP contribution < -0.4 is 5.73 Å². The standard InChI is InChI=1S/C14H19NO4/c1-9-5-6-11(15)10(7-9)12(16)19-8-14(2,3)13(17)18-4/h5-7H,8,15H2,1-4H3. The van der Waals surface area contributed by atoms with Crippen molar-refractivity contribution in [2.45, 2.75) is 20.8 Å². The SMILES string of the molecule is COC(=O)C(C)(C)COC(=O)c1cc(C)ccc1N. The van der Waals surface area contributed by atoms with E-state index in [1.165, 1.54) is 7.11 Å². The predicted molar refractivity (Wildman–Crippen MR) is 71.7 cm³/mol. The lowest BCUT2D eigenvalue weighted by Crippen LogP contribution is -2.32. The third-order valence-corrected chi connectivity index (χ3v) is 2.73. The molecule has 0 aliphatic rings. The second-order valence-electron chi connectivity index (χ2n) is 5.04. The molecule has 5 nitrogen and oxygen atoms in total. The van der Waals surface area contributed by atoms with Gasteiger partial charge in [-0.2, -0.15) is 0 Å². The lowest BCUT2D eigenvalue weighted by atomic mass is 9.95. The summed E-state index contributed by atoms with van der Waals surface area (Å²) < 4.78 is 9.77. The predicted octanol–water partition coefficient (Wildman–Crippen LogP) is 1.93. The molecule has 0 radical (unpaired) electrons. The quantitative estimate of drug-likeness (QED) is 0.664. The first-order valence-electron chi connectivity index (χ1n) is 5.89. The van der Waals surface area contributed by atoms with Gasteiger partial charge in [0.1, 0.15) is 6.61 Å². The Hall–Kier alpha value is -2.04. The molecule has 104 valence electrons. The Morgan fingerprint density at radius 1 is 1.32 bits per heavy atom. The average molecular weight is 265 g/mol. The summed E-state index contributed by atoms with van der Waals surface area (Å²) in [5.41, 5.74) is 6.41. The summed E-state index contributed by atoms with van der Waals surface area (Å²) >= 11 is 0. The van der Waals surface area contributed by atoms with Gasteiger partial charge in [0.15, 0.2) is 0 Å². The molecule has 0 fully saturated rings. The Kier molecular flexibility index (Phi) is 4.53. The minimum absolute atomic E-state index is 0.0636. The fraction of sp³-hybridized carbons (Fsp3) is 0.429. The van der Waals surface area contributed by atoms with Crippen molar-refractivity contribution in [2.24, 2.45) is 5.41 Å². The summed E-state index contributed by atoms with van der Waals surface area (Å²) in [5.74, 6) is -0.976. The molecule has 0 unspecified atom stereocenters. The second kappa shape index (κ2) is 5.73. The van der Waals surface area contributed by atoms with Crippen LogP contribution in [0.15, 0.2) is 18.2 Å². The van der Waals surface area contributed by atoms with Gasteiger partial charge in [-0.3, -0.25) is 4.79 Å². The van der Waals surface area contributed by atoms with Crippen LogP contribution >= 0.6 is 0 Å². The highest BCUT2D eigenvalue weighted by molar-refractivity contribution is 5.95. The Labute approximate surface area is 112 Å². The number of ether oxygens (including phenoxy) is 2. The summed E-state index contributed by atoms with van der Waals surface area (Å²) in [6.45, 7) is 5.08. The topological polar surface area (TPSA) is 78.6 Å². The minimum atomic E-state index is -0.886. The van der Waals surface area contributed by atoms with Gasteiger partial charge in [-0.05, 0) is 32.9 Å². The molecule has 0 atom stereocenters. The Morgan fingerprint density at radius 2 is 1.95 bits per heavy atom. The molecule has 0 aromatic heterocycles. The fourth-order valence-electron chi connectivity index (χ4n) is 1.51. The molecular formula is C14H19NO4. The lowest BCUT2D eigenvalue weighted by molar-refractivity contribution is -0.152. The number of carbonyl (C=O) groups is 2. The number of benzene rings is 1. The molecule has 1 rings (SSSR count). The van der Waals surface area contributed by atoms with Crippen molar-refractivity contribution in [1.82, 2.24) is 0 Å². The van der Waals surface area contributed by atoms with Gasteiger partial charge in [-0.1, -0.05) is 11.6 Å². The number of hydrogen-bond acceptors (Lipinski definition) is 5. The normalized spacial score (nSPS) is 10.9. The van der Waals surface area contributed by atoms with Crippen LogP contribution in [0.2, 0.25) is 0 Å². The van der Waals surface area contributed by atoms with E-state index >= 15 is 0 Å². The zero-order valence-electron chi connectivity index (χ0n) is 11.6. The van der Waals surface area contributed by atoms with Crippen molar-refractivity contribution in [2.75, 3.05) is 19.5 Å². The van der Waals surface area contributed by atoms with Crippen LogP contribution in [0.1, 0.15) is 29.8 Å². The van der Waals surface area contributed by atoms with Gasteiger partial charge in [0, 0.05) is 5.69 Å². The van der Waals surface area contributed by atoms with Gasteiger partial charge in [-0.25, -0.2) is 4.79 Å². The summed E-state index contributed by atoms with van der Waals surface area (Å²) in [7, 11) is 1.30. The second-order valence-corrected chi connectivity index (χ2v) is 5.04. The van der Waals surface area contributed by atoms with Crippen molar-refractivity contribution in [3.05, 3.63) is 29.3 Å². The Bertz CT molecular complexity index is 494. The van der Waals surface area contributed by atoms with E-state index in [4.69, 9.17) is 10.5 Å². The first kappa shape index (κ1) is 15.0. The minimum Gasteiger partial charge on any atom is -0.469 e. The molecule has 19 heavy (non-hydrogen) atoms. The average Bonchev–Trinajstić information content (AvgIpc) is 2.37. The van der Waals surface area contributed by atoms with Gasteiger partial charge in [0.25, 0.3) is 0 Å². The lowest BCUT2D eigenvalue weighted by Gasteiger charge is -2.21. The van der Waals surface area contributed by atoms with Gasteiger partial charge in [0.2, 0.25) is 0 Å². The third kappa shape index (κ3) is 3.71. The van der Waals surface area contributed by atoms with E-state index in [2.05, 4.69) is 4.74 Å². The number of aryl methyl sites for hydroxylation is 1. The molecule has 1 aromatic rings. The number of rotatable bonds is 4. The van der Waals surface area contributed by atoms with Crippen LogP contribution in [-0.4, -0.2) is 25.7 Å². The zero-order valence-corrected chi connectivity index (χ0v) is 11.6. The third-order valence-electron chi connectivity index (χ3n) is 2.73. The number of carbonyl (C=O) groups excluding carboxylic acids is 2. The highest BCUT2D eigenvalue weighted by Gasteiger charge is 2.30. The first-order chi connectivity index (χ1) is 8.77. The van der Waals surface area contributed by atoms with Gasteiger partial charge in [-0.15, -0.1) is 0 Å². The van der Waals surface area contributed by atoms with E-state index in [1.807, 2.05) is 13.0 Å². The summed E-state index contributed by atoms with van der Waals surface area (Å²) in [6, 6.07) is 5.12. The monoisotopic (exact) mass is 265 g/mol. The number of hydrogen-bond donors (Lipinski definition) is 1. The largest absolute Gasteiger partial charge is 0.469 e. The van der Waals surface area contributed by atoms with Gasteiger partial charge < -0.3 is 15.2 Å². The number of anilines is 1. The van der Waals surface area contributed by atoms with E-state index in [0.717, 1.165) is 5.56 Å². The van der Waals surface area contributed by atoms with Crippen molar-refractivity contribution in [1.29, 1.82) is 0 Å². The van der Waals surface area contributed by atoms with Crippen LogP contribution in [0.4, 0.5) is 5.69 Å². The highest BCUT2D eigenvalue weighted by Crippen LogP contribution is 2.20. The van der Waals surface area contributed by atoms with Crippen LogP contribution in [0.5, 0.6) is 0 Å². The zero-order chi connectivity index (χ0) is 14.6. The molecule has 0 bridgehead atoms. The van der Waals surface area contributed by atoms with E-state index in [0.29, 0.717) is 11.3 Å². The van der Waals surface area contributed by atoms with Crippen LogP contribution in [-0.2, 0) is 14.3 Å². The smallest absolute Gasteiger partial charge is 0.340 e. The molecule has 5 heteroatoms. The molecule has 1 aromatic carbocycles. The maximum atomic E-state index is 11.9. The maximum absolute atomic E-state index is 11.9. The molecule has 0 saturated carbocycles. The number of nitrogens with two attached hydrogens (primary N) is 1. The number of methoxy groups -OCH3 is 1. The molecule has 0 heterocycles. The van der Waals surface area contributed by atoms with Crippen LogP contribution in [0, 0.1) is 12.3 Å². The van der Waals surface area contributed by atoms with Gasteiger partial charge >= 0.3 is 11.9 Å². The van der Waals surface area contributed by atoms with Crippen molar-refractivity contribution in [3.8, 4) is 0 Å². The van der Waals surface area contributed by atoms with E-state index < -0.39 is 17.4 Å². The van der Waals surface area contributed by atoms with Crippen LogP contribution in [0.25, 0.3) is 0 Å². The molecule has 0 spiro atoms. The Balaban J connectivity index is 2.76. The molecule has 0 amide bonds. The first-order valence-corrected chi connectivity index (χ1v) is 5.89. The number of esters is 2. The van der Waals surface area contributed by atoms with Crippen molar-refractivity contribution >= 4 is 17.6 Å². The summed E-state index contributed by atoms with van der Waals surface area (Å²) in [6.07, 6.45) is 0. The maximum Gasteiger partial charge on any atom is 0.340 e. The molecule has 0 saturated heterocycles. The van der Waals surface area contributed by atoms with Gasteiger partial charge in [0.05, 0.1) is 18.1 Å². The van der Waals surface area contributed by atoms with E-state index in [-0.39, 0.29) is 6.61 Å². The molecule has 0 aliphatic carbocycles. The van der Waals surface area contributed by atoms with E-state index in [9.17, 15) is 9.59 Å². The van der Waals surface area contributed by atoms with Crippen molar-refractivity contribution < 1.29 is 19.1 Å². The summed E-state index contributed by atoms with van der Waals surface area (Å²) in [5, 5.41) is 0. The van der Waals surface area contributed by atoms with E-state index in [1.54, 1.807) is 26.0 Å². The molecule has 0 aliphatic heterocycles. The summed E-state index contributed by atoms with van der Waals surface area (Å²) in [4.78, 5) is 23.4. The fourth-order valence-corrected chi connectivity index (χ4v) is 1.51. The molecular weight excluding hydrogens is 246 g/mol. The molecule has 2 N–H and O–H groups in total. The Morgan fingerprint density at radius 3 is 2.53 bits per heavy atom. The number of nitrogen functional groups attached to an aromatic ring is 1.